The van der Waals surface area contributed by atoms with Crippen LogP contribution in [0.2, 0.25) is 0 Å². The molecule has 0 amide bonds. The van der Waals surface area contributed by atoms with Gasteiger partial charge in [-0.25, -0.2) is 17.2 Å². The molecule has 0 bridgehead atoms. The van der Waals surface area contributed by atoms with Crippen LogP contribution in [-0.2, 0) is 9.84 Å². The van der Waals surface area contributed by atoms with Crippen LogP contribution in [0.3, 0.4) is 0 Å². The second-order valence-corrected chi connectivity index (χ2v) is 4.37. The van der Waals surface area contributed by atoms with Crippen LogP contribution in [0.1, 0.15) is 5.56 Å². The molecule has 0 radical (unpaired) electrons. The van der Waals surface area contributed by atoms with Crippen LogP contribution in [0, 0.1) is 22.8 Å². The van der Waals surface area contributed by atoms with E-state index in [9.17, 15) is 17.2 Å². The van der Waals surface area contributed by atoms with Gasteiger partial charge in [0.05, 0.1) is 11.8 Å². The van der Waals surface area contributed by atoms with E-state index in [0.29, 0.717) is 6.07 Å². The fraction of sp³-hybridized carbons (Fsp3) is 0.111. The molecule has 5 heteroatoms. The van der Waals surface area contributed by atoms with Crippen LogP contribution >= 0.6 is 0 Å². The Morgan fingerprint density at radius 2 is 1.93 bits per heavy atom. The third kappa shape index (κ3) is 3.15. The minimum absolute atomic E-state index is 0.142. The fourth-order valence-electron chi connectivity index (χ4n) is 0.739. The van der Waals surface area contributed by atoms with Crippen molar-refractivity contribution in [3.63, 3.8) is 0 Å². The lowest BCUT2D eigenvalue weighted by Crippen LogP contribution is -1.90. The average Bonchev–Trinajstić information content (AvgIpc) is 2.00. The largest absolute Gasteiger partial charge is 0.216 e. The summed E-state index contributed by atoms with van der Waals surface area (Å²) < 4.78 is 46.5. The van der Waals surface area contributed by atoms with Gasteiger partial charge >= 0.3 is 0 Å². The Kier molecular flexibility index (Phi) is 2.87. The average molecular weight is 216 g/mol. The van der Waals surface area contributed by atoms with Crippen molar-refractivity contribution in [2.45, 2.75) is 0 Å². The first-order valence-corrected chi connectivity index (χ1v) is 5.45. The molecule has 0 N–H and O–H groups in total. The van der Waals surface area contributed by atoms with Crippen LogP contribution in [0.5, 0.6) is 0 Å². The molecule has 0 aliphatic heterocycles. The number of halogens is 2. The van der Waals surface area contributed by atoms with E-state index in [4.69, 9.17) is 0 Å². The van der Waals surface area contributed by atoms with Crippen molar-refractivity contribution in [2.75, 3.05) is 6.26 Å². The van der Waals surface area contributed by atoms with Crippen LogP contribution in [-0.4, -0.2) is 14.7 Å². The molecule has 0 saturated carbocycles. The van der Waals surface area contributed by atoms with Crippen molar-refractivity contribution in [1.82, 2.24) is 0 Å². The van der Waals surface area contributed by atoms with Gasteiger partial charge in [0.1, 0.15) is 11.6 Å². The summed E-state index contributed by atoms with van der Waals surface area (Å²) >= 11 is 0. The molecular formula is C9H6F2O2S. The van der Waals surface area contributed by atoms with Crippen molar-refractivity contribution < 1.29 is 17.2 Å². The number of benzene rings is 1. The maximum atomic E-state index is 12.9. The summed E-state index contributed by atoms with van der Waals surface area (Å²) in [6.45, 7) is 0. The zero-order chi connectivity index (χ0) is 10.8. The van der Waals surface area contributed by atoms with Gasteiger partial charge in [0, 0.05) is 11.3 Å². The van der Waals surface area contributed by atoms with Crippen LogP contribution in [0.4, 0.5) is 8.78 Å². The van der Waals surface area contributed by atoms with Gasteiger partial charge in [0.25, 0.3) is 0 Å². The first-order valence-electron chi connectivity index (χ1n) is 3.56. The molecule has 0 aromatic heterocycles. The second kappa shape index (κ2) is 3.76. The molecule has 1 rings (SSSR count). The molecule has 1 aromatic carbocycles. The zero-order valence-electron chi connectivity index (χ0n) is 7.21. The molecule has 74 valence electrons. The minimum atomic E-state index is -3.47. The summed E-state index contributed by atoms with van der Waals surface area (Å²) in [6, 6.07) is 2.74. The lowest BCUT2D eigenvalue weighted by Gasteiger charge is -1.92. The molecule has 0 aliphatic rings. The zero-order valence-corrected chi connectivity index (χ0v) is 8.03. The minimum Gasteiger partial charge on any atom is -0.216 e. The van der Waals surface area contributed by atoms with Crippen molar-refractivity contribution in [2.24, 2.45) is 0 Å². The first-order chi connectivity index (χ1) is 6.38. The van der Waals surface area contributed by atoms with Crippen LogP contribution in [0.25, 0.3) is 0 Å². The van der Waals surface area contributed by atoms with Crippen LogP contribution < -0.4 is 0 Å². The van der Waals surface area contributed by atoms with E-state index in [2.05, 4.69) is 5.92 Å². The Labute approximate surface area is 80.5 Å². The van der Waals surface area contributed by atoms with Gasteiger partial charge in [-0.15, -0.1) is 0 Å². The maximum Gasteiger partial charge on any atom is 0.214 e. The standard InChI is InChI=1S/C9H6F2O2S/c1-14(12,13)5-4-7-2-3-8(10)6-9(7)11/h2-3,6H,1H3. The molecule has 2 nitrogen and oxygen atoms in total. The molecule has 0 saturated heterocycles. The molecule has 0 atom stereocenters. The summed E-state index contributed by atoms with van der Waals surface area (Å²) in [4.78, 5) is 0. The number of hydrogen-bond acceptors (Lipinski definition) is 2. The predicted octanol–water partition coefficient (Wildman–Crippen LogP) is 1.32. The predicted molar refractivity (Wildman–Crippen MR) is 48.1 cm³/mol. The number of sulfone groups is 1. The molecule has 0 heterocycles. The molecule has 0 unspecified atom stereocenters. The molecule has 0 aliphatic carbocycles. The highest BCUT2D eigenvalue weighted by molar-refractivity contribution is 7.95. The lowest BCUT2D eigenvalue weighted by atomic mass is 10.2. The van der Waals surface area contributed by atoms with Crippen molar-refractivity contribution in [1.29, 1.82) is 0 Å². The summed E-state index contributed by atoms with van der Waals surface area (Å²) in [5.74, 6) is 0.497. The normalized spacial score (nSPS) is 10.5. The van der Waals surface area contributed by atoms with E-state index in [0.717, 1.165) is 18.4 Å². The number of hydrogen-bond donors (Lipinski definition) is 0. The van der Waals surface area contributed by atoms with Crippen molar-refractivity contribution >= 4 is 9.84 Å². The fourth-order valence-corrected chi connectivity index (χ4v) is 1.03. The summed E-state index contributed by atoms with van der Waals surface area (Å²) in [7, 11) is -3.47. The third-order valence-corrected chi connectivity index (χ3v) is 1.78. The highest BCUT2D eigenvalue weighted by Crippen LogP contribution is 2.07. The molecule has 0 fully saturated rings. The van der Waals surface area contributed by atoms with Gasteiger partial charge in [-0.2, -0.15) is 0 Å². The third-order valence-electron chi connectivity index (χ3n) is 1.30. The Morgan fingerprint density at radius 1 is 1.29 bits per heavy atom. The van der Waals surface area contributed by atoms with E-state index in [-0.39, 0.29) is 5.56 Å². The first kappa shape index (κ1) is 10.7. The van der Waals surface area contributed by atoms with Crippen molar-refractivity contribution in [3.05, 3.63) is 35.4 Å². The SMILES string of the molecule is CS(=O)(=O)C#Cc1ccc(F)cc1F. The van der Waals surface area contributed by atoms with Crippen molar-refractivity contribution in [3.8, 4) is 11.2 Å². The highest BCUT2D eigenvalue weighted by Gasteiger charge is 2.01. The van der Waals surface area contributed by atoms with E-state index in [1.807, 2.05) is 5.25 Å². The van der Waals surface area contributed by atoms with Gasteiger partial charge in [-0.3, -0.25) is 0 Å². The molecule has 1 aromatic rings. The van der Waals surface area contributed by atoms with E-state index in [1.165, 1.54) is 0 Å². The lowest BCUT2D eigenvalue weighted by molar-refractivity contribution is 0.581. The van der Waals surface area contributed by atoms with Gasteiger partial charge in [-0.05, 0) is 18.1 Å². The smallest absolute Gasteiger partial charge is 0.214 e. The van der Waals surface area contributed by atoms with Gasteiger partial charge in [0.15, 0.2) is 0 Å². The Balaban J connectivity index is 3.15. The topological polar surface area (TPSA) is 34.1 Å². The summed E-state index contributed by atoms with van der Waals surface area (Å²) in [6.07, 6.45) is 0.904. The molecular weight excluding hydrogens is 210 g/mol. The van der Waals surface area contributed by atoms with E-state index < -0.39 is 21.5 Å². The second-order valence-electron chi connectivity index (χ2n) is 2.62. The Bertz CT molecular complexity index is 509. The Hall–Kier alpha value is -1.41. The van der Waals surface area contributed by atoms with E-state index in [1.54, 1.807) is 0 Å². The van der Waals surface area contributed by atoms with E-state index >= 15 is 0 Å². The van der Waals surface area contributed by atoms with Gasteiger partial charge in [0.2, 0.25) is 9.84 Å². The number of rotatable bonds is 0. The quantitative estimate of drug-likeness (QED) is 0.613. The van der Waals surface area contributed by atoms with Gasteiger partial charge in [-0.1, -0.05) is 0 Å². The van der Waals surface area contributed by atoms with Gasteiger partial charge < -0.3 is 0 Å². The maximum absolute atomic E-state index is 12.9. The highest BCUT2D eigenvalue weighted by atomic mass is 32.2. The van der Waals surface area contributed by atoms with Crippen LogP contribution in [0.15, 0.2) is 18.2 Å². The summed E-state index contributed by atoms with van der Waals surface area (Å²) in [5, 5.41) is 1.86. The molecule has 14 heavy (non-hydrogen) atoms. The molecule has 0 spiro atoms. The monoisotopic (exact) mass is 216 g/mol. The summed E-state index contributed by atoms with van der Waals surface area (Å²) in [5.41, 5.74) is -0.142. The Morgan fingerprint density at radius 3 is 2.43 bits per heavy atom.